The Morgan fingerprint density at radius 3 is 2.68 bits per heavy atom. The largest absolute Gasteiger partial charge is 0.310 e. The summed E-state index contributed by atoms with van der Waals surface area (Å²) in [6, 6.07) is 0. The molecule has 0 radical (unpaired) electrons. The summed E-state index contributed by atoms with van der Waals surface area (Å²) in [5.74, 6) is 1.25. The molecule has 0 fully saturated rings. The Kier molecular flexibility index (Phi) is 3.55. The van der Waals surface area contributed by atoms with Crippen molar-refractivity contribution < 1.29 is 4.79 Å². The number of aromatic nitrogens is 4. The lowest BCUT2D eigenvalue weighted by Crippen LogP contribution is -2.27. The summed E-state index contributed by atoms with van der Waals surface area (Å²) in [5.41, 5.74) is 2.98. The van der Waals surface area contributed by atoms with Crippen molar-refractivity contribution in [3.05, 3.63) is 29.2 Å². The van der Waals surface area contributed by atoms with Crippen LogP contribution in [0.3, 0.4) is 0 Å². The average Bonchev–Trinajstić information content (AvgIpc) is 2.90. The number of carbonyl (C=O) groups is 1. The lowest BCUT2D eigenvalue weighted by Gasteiger charge is -2.23. The van der Waals surface area contributed by atoms with Crippen molar-refractivity contribution in [2.24, 2.45) is 7.05 Å². The summed E-state index contributed by atoms with van der Waals surface area (Å²) < 4.78 is 3.71. The number of rotatable bonds is 1. The molecule has 6 nitrogen and oxygen atoms in total. The molecule has 1 N–H and O–H groups in total. The third kappa shape index (κ3) is 2.54. The van der Waals surface area contributed by atoms with E-state index in [9.17, 15) is 4.79 Å². The first-order chi connectivity index (χ1) is 10.3. The van der Waals surface area contributed by atoms with Crippen molar-refractivity contribution in [3.63, 3.8) is 0 Å². The van der Waals surface area contributed by atoms with E-state index in [1.165, 1.54) is 0 Å². The third-order valence-corrected chi connectivity index (χ3v) is 4.96. The number of thioether (sulfide) groups is 1. The predicted molar refractivity (Wildman–Crippen MR) is 88.1 cm³/mol. The fraction of sp³-hybridized carbons (Fsp3) is 0.533. The van der Waals surface area contributed by atoms with Gasteiger partial charge in [0.1, 0.15) is 5.82 Å². The van der Waals surface area contributed by atoms with E-state index in [4.69, 9.17) is 0 Å². The summed E-state index contributed by atoms with van der Waals surface area (Å²) in [4.78, 5) is 12.1. The van der Waals surface area contributed by atoms with Gasteiger partial charge in [0, 0.05) is 24.4 Å². The standard InChI is InChI=1S/C15H21N5OS/c1-9-11(7-19(5)18-9)13-10-6-16-20(15(2,3)4)14(10)17-12(21)8-22-13/h6-7,13H,8H2,1-5H3,(H,17,21)/t13-/m1/s1. The predicted octanol–water partition coefficient (Wildman–Crippen LogP) is 2.45. The van der Waals surface area contributed by atoms with E-state index in [0.29, 0.717) is 5.75 Å². The van der Waals surface area contributed by atoms with Gasteiger partial charge < -0.3 is 5.32 Å². The molecule has 0 unspecified atom stereocenters. The number of fused-ring (bicyclic) bond motifs is 1. The molecule has 0 saturated heterocycles. The lowest BCUT2D eigenvalue weighted by atomic mass is 10.1. The van der Waals surface area contributed by atoms with Crippen LogP contribution in [-0.4, -0.2) is 31.2 Å². The van der Waals surface area contributed by atoms with Crippen LogP contribution in [0.4, 0.5) is 5.82 Å². The number of carbonyl (C=O) groups excluding carboxylic acids is 1. The maximum absolute atomic E-state index is 12.1. The maximum Gasteiger partial charge on any atom is 0.235 e. The molecule has 118 valence electrons. The number of amides is 1. The number of nitrogens with one attached hydrogen (secondary N) is 1. The van der Waals surface area contributed by atoms with Crippen molar-refractivity contribution in [3.8, 4) is 0 Å². The number of anilines is 1. The van der Waals surface area contributed by atoms with Crippen molar-refractivity contribution in [1.29, 1.82) is 0 Å². The molecule has 1 amide bonds. The maximum atomic E-state index is 12.1. The number of aryl methyl sites for hydroxylation is 2. The Bertz CT molecular complexity index is 725. The Morgan fingerprint density at radius 2 is 2.09 bits per heavy atom. The molecule has 7 heteroatoms. The zero-order valence-electron chi connectivity index (χ0n) is 13.5. The topological polar surface area (TPSA) is 64.7 Å². The second-order valence-electron chi connectivity index (χ2n) is 6.61. The normalized spacial score (nSPS) is 18.8. The van der Waals surface area contributed by atoms with E-state index in [1.54, 1.807) is 11.8 Å². The van der Waals surface area contributed by atoms with E-state index in [1.807, 2.05) is 35.7 Å². The molecular weight excluding hydrogens is 298 g/mol. The van der Waals surface area contributed by atoms with E-state index in [0.717, 1.165) is 22.6 Å². The van der Waals surface area contributed by atoms with Crippen LogP contribution in [0.1, 0.15) is 42.8 Å². The highest BCUT2D eigenvalue weighted by Crippen LogP contribution is 2.43. The van der Waals surface area contributed by atoms with E-state index in [2.05, 4.69) is 36.3 Å². The van der Waals surface area contributed by atoms with Crippen LogP contribution in [-0.2, 0) is 17.4 Å². The van der Waals surface area contributed by atoms with Crippen LogP contribution in [0.25, 0.3) is 0 Å². The molecule has 0 aromatic carbocycles. The molecule has 2 aromatic heterocycles. The second kappa shape index (κ2) is 5.15. The first-order valence-corrected chi connectivity index (χ1v) is 8.32. The fourth-order valence-corrected chi connectivity index (χ4v) is 3.89. The van der Waals surface area contributed by atoms with E-state index >= 15 is 0 Å². The second-order valence-corrected chi connectivity index (χ2v) is 7.71. The number of nitrogens with zero attached hydrogens (tertiary/aromatic N) is 4. The minimum Gasteiger partial charge on any atom is -0.310 e. The van der Waals surface area contributed by atoms with Crippen LogP contribution >= 0.6 is 11.8 Å². The van der Waals surface area contributed by atoms with Crippen LogP contribution < -0.4 is 5.32 Å². The zero-order chi connectivity index (χ0) is 16.1. The van der Waals surface area contributed by atoms with Gasteiger partial charge in [0.05, 0.1) is 28.4 Å². The van der Waals surface area contributed by atoms with Crippen molar-refractivity contribution in [1.82, 2.24) is 19.6 Å². The van der Waals surface area contributed by atoms with Crippen molar-refractivity contribution >= 4 is 23.5 Å². The van der Waals surface area contributed by atoms with Crippen molar-refractivity contribution in [2.75, 3.05) is 11.1 Å². The van der Waals surface area contributed by atoms with Crippen LogP contribution in [0.15, 0.2) is 12.4 Å². The molecule has 3 heterocycles. The Labute approximate surface area is 134 Å². The minimum atomic E-state index is -0.190. The number of hydrogen-bond donors (Lipinski definition) is 1. The molecular formula is C15H21N5OS. The van der Waals surface area contributed by atoms with Gasteiger partial charge in [0.15, 0.2) is 0 Å². The Balaban J connectivity index is 2.14. The van der Waals surface area contributed by atoms with Gasteiger partial charge >= 0.3 is 0 Å². The van der Waals surface area contributed by atoms with Gasteiger partial charge in [-0.15, -0.1) is 11.8 Å². The molecule has 0 spiro atoms. The Hall–Kier alpha value is -1.76. The van der Waals surface area contributed by atoms with E-state index in [-0.39, 0.29) is 16.7 Å². The first-order valence-electron chi connectivity index (χ1n) is 7.27. The summed E-state index contributed by atoms with van der Waals surface area (Å²) in [5, 5.41) is 12.0. The van der Waals surface area contributed by atoms with Gasteiger partial charge in [-0.2, -0.15) is 10.2 Å². The molecule has 1 aliphatic heterocycles. The molecule has 2 aromatic rings. The molecule has 1 aliphatic rings. The van der Waals surface area contributed by atoms with Gasteiger partial charge in [-0.25, -0.2) is 4.68 Å². The highest BCUT2D eigenvalue weighted by atomic mass is 32.2. The third-order valence-electron chi connectivity index (χ3n) is 3.69. The SMILES string of the molecule is Cc1nn(C)cc1[C@@H]1SCC(=O)Nc2c1cnn2C(C)(C)C. The summed E-state index contributed by atoms with van der Waals surface area (Å²) >= 11 is 1.62. The molecule has 0 aliphatic carbocycles. The van der Waals surface area contributed by atoms with Gasteiger partial charge in [-0.1, -0.05) is 0 Å². The number of hydrogen-bond acceptors (Lipinski definition) is 4. The summed E-state index contributed by atoms with van der Waals surface area (Å²) in [6.07, 6.45) is 3.90. The highest BCUT2D eigenvalue weighted by Gasteiger charge is 2.32. The van der Waals surface area contributed by atoms with Gasteiger partial charge in [-0.05, 0) is 27.7 Å². The summed E-state index contributed by atoms with van der Waals surface area (Å²) in [7, 11) is 1.92. The average molecular weight is 319 g/mol. The fourth-order valence-electron chi connectivity index (χ4n) is 2.74. The first kappa shape index (κ1) is 15.1. The van der Waals surface area contributed by atoms with Gasteiger partial charge in [-0.3, -0.25) is 9.48 Å². The van der Waals surface area contributed by atoms with Crippen LogP contribution in [0.5, 0.6) is 0 Å². The van der Waals surface area contributed by atoms with Gasteiger partial charge in [0.25, 0.3) is 0 Å². The molecule has 1 atom stereocenters. The van der Waals surface area contributed by atoms with Gasteiger partial charge in [0.2, 0.25) is 5.91 Å². The highest BCUT2D eigenvalue weighted by molar-refractivity contribution is 8.00. The quantitative estimate of drug-likeness (QED) is 0.877. The van der Waals surface area contributed by atoms with Crippen molar-refractivity contribution in [2.45, 2.75) is 38.5 Å². The Morgan fingerprint density at radius 1 is 1.36 bits per heavy atom. The molecule has 0 saturated carbocycles. The molecule has 22 heavy (non-hydrogen) atoms. The lowest BCUT2D eigenvalue weighted by molar-refractivity contribution is -0.113. The molecule has 3 rings (SSSR count). The monoisotopic (exact) mass is 319 g/mol. The smallest absolute Gasteiger partial charge is 0.235 e. The van der Waals surface area contributed by atoms with E-state index < -0.39 is 0 Å². The zero-order valence-corrected chi connectivity index (χ0v) is 14.4. The molecule has 0 bridgehead atoms. The minimum absolute atomic E-state index is 0.0151. The summed E-state index contributed by atoms with van der Waals surface area (Å²) in [6.45, 7) is 8.24. The van der Waals surface area contributed by atoms with Crippen LogP contribution in [0, 0.1) is 6.92 Å². The van der Waals surface area contributed by atoms with Crippen LogP contribution in [0.2, 0.25) is 0 Å².